The Kier molecular flexibility index (Phi) is 6.29. The lowest BCUT2D eigenvalue weighted by Gasteiger charge is -2.30. The molecule has 0 saturated carbocycles. The standard InChI is InChI=1S/C23H24N4O3S/c1-16-7-8-19(31-16)15-26(9-10-28)23(30)18-11-20-22(24-12-18)25-13-21(29)27(20)14-17-5-3-2-4-6-17/h2-8,11-12,28H,9-10,13-15H2,1H3,(H,24,25). The number of hydrogen-bond donors (Lipinski definition) is 2. The molecule has 7 nitrogen and oxygen atoms in total. The summed E-state index contributed by atoms with van der Waals surface area (Å²) in [6, 6.07) is 15.4. The molecule has 1 aliphatic rings. The molecule has 0 saturated heterocycles. The van der Waals surface area contributed by atoms with E-state index in [-0.39, 0.29) is 31.5 Å². The summed E-state index contributed by atoms with van der Waals surface area (Å²) in [5.74, 6) is 0.270. The quantitative estimate of drug-likeness (QED) is 0.595. The molecule has 0 radical (unpaired) electrons. The van der Waals surface area contributed by atoms with E-state index in [1.807, 2.05) is 49.4 Å². The van der Waals surface area contributed by atoms with E-state index in [9.17, 15) is 14.7 Å². The van der Waals surface area contributed by atoms with Crippen LogP contribution in [0.25, 0.3) is 0 Å². The van der Waals surface area contributed by atoms with Gasteiger partial charge >= 0.3 is 0 Å². The second-order valence-electron chi connectivity index (χ2n) is 7.37. The Morgan fingerprint density at radius 2 is 2.06 bits per heavy atom. The zero-order chi connectivity index (χ0) is 21.8. The van der Waals surface area contributed by atoms with Crippen molar-refractivity contribution >= 4 is 34.7 Å². The van der Waals surface area contributed by atoms with Gasteiger partial charge in [0.25, 0.3) is 5.91 Å². The Balaban J connectivity index is 1.61. The van der Waals surface area contributed by atoms with Gasteiger partial charge in [-0.05, 0) is 30.7 Å². The van der Waals surface area contributed by atoms with Crippen molar-refractivity contribution in [3.63, 3.8) is 0 Å². The number of pyridine rings is 1. The van der Waals surface area contributed by atoms with E-state index < -0.39 is 0 Å². The fraction of sp³-hybridized carbons (Fsp3) is 0.261. The van der Waals surface area contributed by atoms with E-state index in [4.69, 9.17) is 0 Å². The number of anilines is 2. The van der Waals surface area contributed by atoms with Crippen molar-refractivity contribution in [2.75, 3.05) is 29.9 Å². The Morgan fingerprint density at radius 1 is 1.26 bits per heavy atom. The molecular weight excluding hydrogens is 412 g/mol. The molecule has 4 rings (SSSR count). The van der Waals surface area contributed by atoms with Crippen molar-refractivity contribution in [2.24, 2.45) is 0 Å². The van der Waals surface area contributed by atoms with E-state index >= 15 is 0 Å². The van der Waals surface area contributed by atoms with Gasteiger partial charge in [0, 0.05) is 22.5 Å². The third-order valence-corrected chi connectivity index (χ3v) is 6.08. The number of amides is 2. The van der Waals surface area contributed by atoms with Gasteiger partial charge < -0.3 is 20.2 Å². The molecule has 0 spiro atoms. The molecular formula is C23H24N4O3S. The minimum absolute atomic E-state index is 0.0796. The number of nitrogens with one attached hydrogen (secondary N) is 1. The van der Waals surface area contributed by atoms with Gasteiger partial charge in [0.1, 0.15) is 0 Å². The second-order valence-corrected chi connectivity index (χ2v) is 8.75. The van der Waals surface area contributed by atoms with Crippen LogP contribution < -0.4 is 10.2 Å². The maximum atomic E-state index is 13.2. The summed E-state index contributed by atoms with van der Waals surface area (Å²) < 4.78 is 0. The summed E-state index contributed by atoms with van der Waals surface area (Å²) in [6.07, 6.45) is 1.52. The number of hydrogen-bond acceptors (Lipinski definition) is 6. The Hall–Kier alpha value is -3.23. The summed E-state index contributed by atoms with van der Waals surface area (Å²) in [5.41, 5.74) is 1.97. The molecule has 0 fully saturated rings. The fourth-order valence-electron chi connectivity index (χ4n) is 3.55. The first-order valence-corrected chi connectivity index (χ1v) is 10.9. The summed E-state index contributed by atoms with van der Waals surface area (Å²) in [7, 11) is 0. The molecule has 2 N–H and O–H groups in total. The molecule has 0 aliphatic carbocycles. The SMILES string of the molecule is Cc1ccc(CN(CCO)C(=O)c2cnc3c(c2)N(Cc2ccccc2)C(=O)CN3)s1. The van der Waals surface area contributed by atoms with Crippen LogP contribution in [0.2, 0.25) is 0 Å². The average Bonchev–Trinajstić information content (AvgIpc) is 3.20. The van der Waals surface area contributed by atoms with Crippen molar-refractivity contribution in [1.82, 2.24) is 9.88 Å². The van der Waals surface area contributed by atoms with Crippen LogP contribution in [0.5, 0.6) is 0 Å². The van der Waals surface area contributed by atoms with Crippen LogP contribution in [-0.2, 0) is 17.9 Å². The zero-order valence-electron chi connectivity index (χ0n) is 17.2. The smallest absolute Gasteiger partial charge is 0.255 e. The average molecular weight is 437 g/mol. The normalized spacial score (nSPS) is 13.0. The number of aliphatic hydroxyl groups excluding tert-OH is 1. The molecule has 1 aromatic carbocycles. The Bertz CT molecular complexity index is 1080. The van der Waals surface area contributed by atoms with Crippen LogP contribution in [0, 0.1) is 6.92 Å². The number of rotatable bonds is 7. The number of aromatic nitrogens is 1. The van der Waals surface area contributed by atoms with E-state index in [1.165, 1.54) is 11.1 Å². The van der Waals surface area contributed by atoms with E-state index in [0.29, 0.717) is 30.2 Å². The molecule has 160 valence electrons. The predicted molar refractivity (Wildman–Crippen MR) is 121 cm³/mol. The second kappa shape index (κ2) is 9.28. The van der Waals surface area contributed by atoms with Gasteiger partial charge in [-0.3, -0.25) is 9.59 Å². The summed E-state index contributed by atoms with van der Waals surface area (Å²) in [6.45, 7) is 3.09. The number of aryl methyl sites for hydroxylation is 1. The van der Waals surface area contributed by atoms with Crippen LogP contribution in [-0.4, -0.2) is 46.5 Å². The number of benzene rings is 1. The molecule has 3 heterocycles. The molecule has 3 aromatic rings. The first-order chi connectivity index (χ1) is 15.0. The number of nitrogens with zero attached hydrogens (tertiary/aromatic N) is 3. The highest BCUT2D eigenvalue weighted by Gasteiger charge is 2.27. The lowest BCUT2D eigenvalue weighted by Crippen LogP contribution is -2.40. The predicted octanol–water partition coefficient (Wildman–Crippen LogP) is 3.04. The maximum Gasteiger partial charge on any atom is 0.255 e. The van der Waals surface area contributed by atoms with E-state index in [1.54, 1.807) is 27.2 Å². The van der Waals surface area contributed by atoms with Gasteiger partial charge in [-0.25, -0.2) is 4.98 Å². The largest absolute Gasteiger partial charge is 0.395 e. The van der Waals surface area contributed by atoms with Crippen molar-refractivity contribution in [3.05, 3.63) is 75.6 Å². The van der Waals surface area contributed by atoms with Crippen molar-refractivity contribution in [3.8, 4) is 0 Å². The first kappa shape index (κ1) is 21.0. The van der Waals surface area contributed by atoms with Crippen LogP contribution in [0.4, 0.5) is 11.5 Å². The van der Waals surface area contributed by atoms with Gasteiger partial charge in [0.15, 0.2) is 5.82 Å². The molecule has 2 aromatic heterocycles. The fourth-order valence-corrected chi connectivity index (χ4v) is 4.46. The lowest BCUT2D eigenvalue weighted by molar-refractivity contribution is -0.117. The lowest BCUT2D eigenvalue weighted by atomic mass is 10.1. The number of carbonyl (C=O) groups excluding carboxylic acids is 2. The van der Waals surface area contributed by atoms with E-state index in [2.05, 4.69) is 10.3 Å². The van der Waals surface area contributed by atoms with Crippen molar-refractivity contribution in [2.45, 2.75) is 20.0 Å². The molecule has 0 unspecified atom stereocenters. The monoisotopic (exact) mass is 436 g/mol. The van der Waals surface area contributed by atoms with Gasteiger partial charge in [-0.2, -0.15) is 0 Å². The van der Waals surface area contributed by atoms with Crippen LogP contribution >= 0.6 is 11.3 Å². The number of fused-ring (bicyclic) bond motifs is 1. The van der Waals surface area contributed by atoms with Crippen LogP contribution in [0.3, 0.4) is 0 Å². The van der Waals surface area contributed by atoms with Gasteiger partial charge in [0.2, 0.25) is 5.91 Å². The summed E-state index contributed by atoms with van der Waals surface area (Å²) in [5, 5.41) is 12.5. The highest BCUT2D eigenvalue weighted by atomic mass is 32.1. The topological polar surface area (TPSA) is 85.8 Å². The van der Waals surface area contributed by atoms with Crippen molar-refractivity contribution < 1.29 is 14.7 Å². The number of carbonyl (C=O) groups is 2. The van der Waals surface area contributed by atoms with Crippen LogP contribution in [0.15, 0.2) is 54.7 Å². The molecule has 0 atom stereocenters. The highest BCUT2D eigenvalue weighted by Crippen LogP contribution is 2.30. The van der Waals surface area contributed by atoms with Gasteiger partial charge in [0.05, 0.1) is 37.5 Å². The van der Waals surface area contributed by atoms with Crippen molar-refractivity contribution in [1.29, 1.82) is 0 Å². The minimum atomic E-state index is -0.229. The minimum Gasteiger partial charge on any atom is -0.395 e. The molecule has 31 heavy (non-hydrogen) atoms. The van der Waals surface area contributed by atoms with Gasteiger partial charge in [-0.1, -0.05) is 30.3 Å². The van der Waals surface area contributed by atoms with Crippen LogP contribution in [0.1, 0.15) is 25.7 Å². The van der Waals surface area contributed by atoms with E-state index in [0.717, 1.165) is 10.4 Å². The third kappa shape index (κ3) is 4.76. The zero-order valence-corrected chi connectivity index (χ0v) is 18.1. The molecule has 1 aliphatic heterocycles. The molecule has 8 heteroatoms. The molecule has 2 amide bonds. The first-order valence-electron chi connectivity index (χ1n) is 10.1. The summed E-state index contributed by atoms with van der Waals surface area (Å²) >= 11 is 1.63. The number of aliphatic hydroxyl groups is 1. The summed E-state index contributed by atoms with van der Waals surface area (Å²) in [4.78, 5) is 35.8. The Morgan fingerprint density at radius 3 is 2.77 bits per heavy atom. The maximum absolute atomic E-state index is 13.2. The highest BCUT2D eigenvalue weighted by molar-refractivity contribution is 7.11. The third-order valence-electron chi connectivity index (χ3n) is 5.10. The Labute approximate surface area is 185 Å². The van der Waals surface area contributed by atoms with Gasteiger partial charge in [-0.15, -0.1) is 11.3 Å². The number of thiophene rings is 1. The molecule has 0 bridgehead atoms.